The molecular weight excluding hydrogens is 232 g/mol. The van der Waals surface area contributed by atoms with Crippen molar-refractivity contribution in [3.8, 4) is 0 Å². The van der Waals surface area contributed by atoms with Crippen molar-refractivity contribution in [2.75, 3.05) is 32.8 Å². The molecule has 0 bridgehead atoms. The molecule has 0 aromatic heterocycles. The molecule has 0 aromatic rings. The van der Waals surface area contributed by atoms with Crippen molar-refractivity contribution >= 4 is 12.2 Å². The zero-order valence-electron chi connectivity index (χ0n) is 11.0. The Morgan fingerprint density at radius 2 is 2.00 bits per heavy atom. The van der Waals surface area contributed by atoms with E-state index in [-0.39, 0.29) is 18.0 Å². The molecule has 2 saturated heterocycles. The summed E-state index contributed by atoms with van der Waals surface area (Å²) in [5.74, 6) is 0.132. The van der Waals surface area contributed by atoms with Crippen LogP contribution in [-0.4, -0.2) is 66.9 Å². The van der Waals surface area contributed by atoms with Crippen LogP contribution < -0.4 is 0 Å². The van der Waals surface area contributed by atoms with Crippen LogP contribution in [0.25, 0.3) is 0 Å². The van der Waals surface area contributed by atoms with Crippen LogP contribution in [-0.2, 0) is 14.3 Å². The van der Waals surface area contributed by atoms with Crippen molar-refractivity contribution in [1.29, 1.82) is 0 Å². The van der Waals surface area contributed by atoms with E-state index < -0.39 is 0 Å². The number of likely N-dealkylation sites (tertiary alicyclic amines) is 1. The Hall–Kier alpha value is -0.940. The van der Waals surface area contributed by atoms with Crippen LogP contribution in [0, 0.1) is 0 Å². The molecule has 102 valence electrons. The van der Waals surface area contributed by atoms with E-state index >= 15 is 0 Å². The third-order valence-corrected chi connectivity index (χ3v) is 3.93. The second-order valence-electron chi connectivity index (χ2n) is 5.05. The SMILES string of the molecule is CC(C(=O)N1CCOCC1)N1CCCCC1C=O. The van der Waals surface area contributed by atoms with Crippen molar-refractivity contribution in [2.24, 2.45) is 0 Å². The highest BCUT2D eigenvalue weighted by atomic mass is 16.5. The summed E-state index contributed by atoms with van der Waals surface area (Å²) in [5.41, 5.74) is 0. The summed E-state index contributed by atoms with van der Waals surface area (Å²) >= 11 is 0. The van der Waals surface area contributed by atoms with Crippen molar-refractivity contribution in [2.45, 2.75) is 38.3 Å². The zero-order chi connectivity index (χ0) is 13.0. The Morgan fingerprint density at radius 1 is 1.28 bits per heavy atom. The molecule has 2 fully saturated rings. The lowest BCUT2D eigenvalue weighted by Crippen LogP contribution is -2.55. The number of rotatable bonds is 3. The standard InChI is InChI=1S/C13H22N2O3/c1-11(13(17)14-6-8-18-9-7-14)15-5-3-2-4-12(15)10-16/h10-12H,2-9H2,1H3. The summed E-state index contributed by atoms with van der Waals surface area (Å²) in [5, 5.41) is 0. The number of ether oxygens (including phenoxy) is 1. The van der Waals surface area contributed by atoms with E-state index in [0.717, 1.165) is 32.1 Å². The van der Waals surface area contributed by atoms with Crippen molar-refractivity contribution < 1.29 is 14.3 Å². The lowest BCUT2D eigenvalue weighted by atomic mass is 10.0. The number of carbonyl (C=O) groups is 2. The Labute approximate surface area is 108 Å². The lowest BCUT2D eigenvalue weighted by Gasteiger charge is -2.39. The normalized spacial score (nSPS) is 27.8. The summed E-state index contributed by atoms with van der Waals surface area (Å²) < 4.78 is 5.25. The fourth-order valence-corrected chi connectivity index (χ4v) is 2.80. The van der Waals surface area contributed by atoms with Gasteiger partial charge in [0.1, 0.15) is 6.29 Å². The second-order valence-corrected chi connectivity index (χ2v) is 5.05. The zero-order valence-corrected chi connectivity index (χ0v) is 11.0. The maximum absolute atomic E-state index is 12.4. The minimum atomic E-state index is -0.196. The molecule has 2 rings (SSSR count). The van der Waals surface area contributed by atoms with Crippen LogP contribution in [0.1, 0.15) is 26.2 Å². The minimum Gasteiger partial charge on any atom is -0.378 e. The molecule has 2 unspecified atom stereocenters. The molecule has 0 spiro atoms. The second kappa shape index (κ2) is 6.29. The number of morpholine rings is 1. The van der Waals surface area contributed by atoms with Gasteiger partial charge in [0.2, 0.25) is 5.91 Å². The highest BCUT2D eigenvalue weighted by Crippen LogP contribution is 2.19. The Morgan fingerprint density at radius 3 is 2.67 bits per heavy atom. The van der Waals surface area contributed by atoms with E-state index in [1.54, 1.807) is 0 Å². The molecule has 2 aliphatic rings. The Kier molecular flexibility index (Phi) is 4.72. The molecule has 0 radical (unpaired) electrons. The van der Waals surface area contributed by atoms with Gasteiger partial charge in [-0.25, -0.2) is 0 Å². The van der Waals surface area contributed by atoms with Gasteiger partial charge in [-0.2, -0.15) is 0 Å². The van der Waals surface area contributed by atoms with Crippen LogP contribution in [0.15, 0.2) is 0 Å². The van der Waals surface area contributed by atoms with Gasteiger partial charge in [-0.3, -0.25) is 9.69 Å². The smallest absolute Gasteiger partial charge is 0.239 e. The van der Waals surface area contributed by atoms with E-state index in [2.05, 4.69) is 0 Å². The van der Waals surface area contributed by atoms with Crippen LogP contribution >= 0.6 is 0 Å². The number of aldehydes is 1. The topological polar surface area (TPSA) is 49.9 Å². The van der Waals surface area contributed by atoms with Gasteiger partial charge in [0.15, 0.2) is 0 Å². The third kappa shape index (κ3) is 2.90. The highest BCUT2D eigenvalue weighted by molar-refractivity contribution is 5.82. The average molecular weight is 254 g/mol. The molecule has 2 heterocycles. The monoisotopic (exact) mass is 254 g/mol. The first-order valence-electron chi connectivity index (χ1n) is 6.81. The summed E-state index contributed by atoms with van der Waals surface area (Å²) in [6.07, 6.45) is 4.02. The summed E-state index contributed by atoms with van der Waals surface area (Å²) in [6.45, 7) is 5.34. The number of piperidine rings is 1. The molecule has 5 nitrogen and oxygen atoms in total. The number of hydrogen-bond acceptors (Lipinski definition) is 4. The van der Waals surface area contributed by atoms with E-state index in [4.69, 9.17) is 4.74 Å². The third-order valence-electron chi connectivity index (χ3n) is 3.93. The quantitative estimate of drug-likeness (QED) is 0.679. The predicted molar refractivity (Wildman–Crippen MR) is 67.3 cm³/mol. The Balaban J connectivity index is 1.97. The van der Waals surface area contributed by atoms with Gasteiger partial charge in [0.25, 0.3) is 0 Å². The summed E-state index contributed by atoms with van der Waals surface area (Å²) in [6, 6.07) is -0.280. The molecule has 0 aromatic carbocycles. The first-order chi connectivity index (χ1) is 8.74. The van der Waals surface area contributed by atoms with E-state index in [9.17, 15) is 9.59 Å². The molecular formula is C13H22N2O3. The maximum Gasteiger partial charge on any atom is 0.239 e. The maximum atomic E-state index is 12.4. The summed E-state index contributed by atoms with van der Waals surface area (Å²) in [7, 11) is 0. The molecule has 0 N–H and O–H groups in total. The van der Waals surface area contributed by atoms with Gasteiger partial charge in [-0.1, -0.05) is 6.42 Å². The molecule has 0 aliphatic carbocycles. The minimum absolute atomic E-state index is 0.0845. The molecule has 5 heteroatoms. The van der Waals surface area contributed by atoms with E-state index in [1.165, 1.54) is 0 Å². The highest BCUT2D eigenvalue weighted by Gasteiger charge is 2.32. The number of amides is 1. The number of hydrogen-bond donors (Lipinski definition) is 0. The van der Waals surface area contributed by atoms with Crippen LogP contribution in [0.5, 0.6) is 0 Å². The molecule has 2 atom stereocenters. The van der Waals surface area contributed by atoms with Crippen molar-refractivity contribution in [1.82, 2.24) is 9.80 Å². The van der Waals surface area contributed by atoms with Gasteiger partial charge in [0, 0.05) is 13.1 Å². The first-order valence-corrected chi connectivity index (χ1v) is 6.81. The van der Waals surface area contributed by atoms with Crippen LogP contribution in [0.4, 0.5) is 0 Å². The van der Waals surface area contributed by atoms with Gasteiger partial charge < -0.3 is 14.4 Å². The van der Waals surface area contributed by atoms with Gasteiger partial charge in [0.05, 0.1) is 25.3 Å². The largest absolute Gasteiger partial charge is 0.378 e. The molecule has 2 aliphatic heterocycles. The molecule has 18 heavy (non-hydrogen) atoms. The van der Waals surface area contributed by atoms with Crippen LogP contribution in [0.3, 0.4) is 0 Å². The number of nitrogens with zero attached hydrogens (tertiary/aromatic N) is 2. The van der Waals surface area contributed by atoms with Gasteiger partial charge in [-0.15, -0.1) is 0 Å². The van der Waals surface area contributed by atoms with Crippen molar-refractivity contribution in [3.05, 3.63) is 0 Å². The average Bonchev–Trinajstić information content (AvgIpc) is 2.46. The summed E-state index contributed by atoms with van der Waals surface area (Å²) in [4.78, 5) is 27.4. The Bertz CT molecular complexity index is 303. The first kappa shape index (κ1) is 13.5. The molecule has 1 amide bonds. The predicted octanol–water partition coefficient (Wildman–Crippen LogP) is 0.287. The fraction of sp³-hybridized carbons (Fsp3) is 0.846. The van der Waals surface area contributed by atoms with Crippen molar-refractivity contribution in [3.63, 3.8) is 0 Å². The van der Waals surface area contributed by atoms with E-state index in [1.807, 2.05) is 16.7 Å². The lowest BCUT2D eigenvalue weighted by molar-refractivity contribution is -0.142. The number of carbonyl (C=O) groups excluding carboxylic acids is 2. The van der Waals surface area contributed by atoms with E-state index in [0.29, 0.717) is 26.3 Å². The van der Waals surface area contributed by atoms with Gasteiger partial charge >= 0.3 is 0 Å². The van der Waals surface area contributed by atoms with Crippen LogP contribution in [0.2, 0.25) is 0 Å². The fourth-order valence-electron chi connectivity index (χ4n) is 2.80. The van der Waals surface area contributed by atoms with Gasteiger partial charge in [-0.05, 0) is 26.3 Å². The molecule has 0 saturated carbocycles.